The fraction of sp³-hybridized carbons (Fsp3) is 0.727. The minimum atomic E-state index is 0. The van der Waals surface area contributed by atoms with Crippen molar-refractivity contribution in [3.05, 3.63) is 29.6 Å². The lowest BCUT2D eigenvalue weighted by atomic mass is 10.3. The second kappa shape index (κ2) is 15.2. The molecular formula is C22H40IN9O. The highest BCUT2D eigenvalue weighted by Gasteiger charge is 2.09. The number of halogens is 1. The maximum absolute atomic E-state index is 5.43. The van der Waals surface area contributed by atoms with Gasteiger partial charge in [-0.2, -0.15) is 5.10 Å². The Morgan fingerprint density at radius 3 is 2.61 bits per heavy atom. The first-order valence-corrected chi connectivity index (χ1v) is 11.9. The Morgan fingerprint density at radius 2 is 1.88 bits per heavy atom. The summed E-state index contributed by atoms with van der Waals surface area (Å²) >= 11 is 0. The van der Waals surface area contributed by atoms with Gasteiger partial charge in [-0.05, 0) is 39.3 Å². The zero-order valence-corrected chi connectivity index (χ0v) is 22.6. The van der Waals surface area contributed by atoms with Gasteiger partial charge in [0.2, 0.25) is 0 Å². The Kier molecular flexibility index (Phi) is 12.7. The number of hydrogen-bond acceptors (Lipinski definition) is 6. The molecule has 1 saturated heterocycles. The first-order chi connectivity index (χ1) is 15.7. The topological polar surface area (TPSA) is 97.4 Å². The van der Waals surface area contributed by atoms with Gasteiger partial charge in [0.1, 0.15) is 12.2 Å². The van der Waals surface area contributed by atoms with Crippen molar-refractivity contribution in [3.63, 3.8) is 0 Å². The number of guanidine groups is 1. The molecule has 0 amide bonds. The fourth-order valence-corrected chi connectivity index (χ4v) is 3.86. The number of rotatable bonds is 12. The molecule has 3 heterocycles. The number of morpholine rings is 1. The second-order valence-corrected chi connectivity index (χ2v) is 8.19. The highest BCUT2D eigenvalue weighted by molar-refractivity contribution is 14.0. The number of hydrogen-bond donors (Lipinski definition) is 2. The molecule has 0 atom stereocenters. The number of aromatic nitrogens is 5. The van der Waals surface area contributed by atoms with Crippen LogP contribution in [-0.4, -0.2) is 87.9 Å². The molecule has 1 fully saturated rings. The van der Waals surface area contributed by atoms with Crippen LogP contribution in [0.2, 0.25) is 0 Å². The summed E-state index contributed by atoms with van der Waals surface area (Å²) in [7, 11) is 0. The molecule has 0 spiro atoms. The fourth-order valence-electron chi connectivity index (χ4n) is 3.86. The Bertz CT molecular complexity index is 830. The van der Waals surface area contributed by atoms with E-state index in [9.17, 15) is 0 Å². The summed E-state index contributed by atoms with van der Waals surface area (Å²) in [6.45, 7) is 15.2. The predicted octanol–water partition coefficient (Wildman–Crippen LogP) is 1.62. The van der Waals surface area contributed by atoms with Crippen molar-refractivity contribution in [2.24, 2.45) is 4.99 Å². The normalized spacial score (nSPS) is 14.8. The Morgan fingerprint density at radius 1 is 1.09 bits per heavy atom. The average molecular weight is 574 g/mol. The summed E-state index contributed by atoms with van der Waals surface area (Å²) in [5.41, 5.74) is 2.27. The van der Waals surface area contributed by atoms with Crippen LogP contribution in [0.15, 0.2) is 17.4 Å². The Hall–Kier alpha value is -1.73. The molecule has 10 nitrogen and oxygen atoms in total. The van der Waals surface area contributed by atoms with E-state index >= 15 is 0 Å². The molecule has 0 saturated carbocycles. The minimum Gasteiger partial charge on any atom is -0.379 e. The quantitative estimate of drug-likeness (QED) is 0.173. The number of ether oxygens (including phenoxy) is 1. The molecule has 0 bridgehead atoms. The number of nitrogens with zero attached hydrogens (tertiary/aromatic N) is 7. The van der Waals surface area contributed by atoms with Gasteiger partial charge in [-0.1, -0.05) is 6.92 Å². The van der Waals surface area contributed by atoms with Crippen molar-refractivity contribution in [3.8, 4) is 0 Å². The van der Waals surface area contributed by atoms with E-state index in [2.05, 4.69) is 60.0 Å². The summed E-state index contributed by atoms with van der Waals surface area (Å²) in [6.07, 6.45) is 4.71. The van der Waals surface area contributed by atoms with Crippen molar-refractivity contribution < 1.29 is 4.74 Å². The summed E-state index contributed by atoms with van der Waals surface area (Å²) in [5.74, 6) is 1.88. The zero-order chi connectivity index (χ0) is 22.6. The Balaban J connectivity index is 0.00000385. The molecule has 11 heteroatoms. The van der Waals surface area contributed by atoms with E-state index in [0.717, 1.165) is 102 Å². The zero-order valence-electron chi connectivity index (χ0n) is 20.3. The van der Waals surface area contributed by atoms with Crippen LogP contribution in [0, 0.1) is 13.8 Å². The molecule has 3 rings (SSSR count). The van der Waals surface area contributed by atoms with E-state index in [1.165, 1.54) is 5.69 Å². The molecule has 1 aliphatic heterocycles. The van der Waals surface area contributed by atoms with E-state index in [4.69, 9.17) is 9.73 Å². The molecule has 0 radical (unpaired) electrons. The van der Waals surface area contributed by atoms with Crippen LogP contribution in [0.5, 0.6) is 0 Å². The SMILES string of the molecule is CCc1nncn1CCNC(=NCCCn1nc(C)cc1C)NCCCN1CCOCC1.I. The lowest BCUT2D eigenvalue weighted by molar-refractivity contribution is 0.0376. The van der Waals surface area contributed by atoms with Gasteiger partial charge in [0.05, 0.1) is 18.9 Å². The molecule has 186 valence electrons. The third kappa shape index (κ3) is 9.57. The molecule has 2 N–H and O–H groups in total. The highest BCUT2D eigenvalue weighted by Crippen LogP contribution is 2.03. The van der Waals surface area contributed by atoms with Crippen LogP contribution in [0.1, 0.15) is 37.0 Å². The smallest absolute Gasteiger partial charge is 0.191 e. The van der Waals surface area contributed by atoms with E-state index in [1.54, 1.807) is 6.33 Å². The first-order valence-electron chi connectivity index (χ1n) is 11.9. The number of nitrogens with one attached hydrogen (secondary N) is 2. The lowest BCUT2D eigenvalue weighted by Gasteiger charge is -2.26. The van der Waals surface area contributed by atoms with Gasteiger partial charge in [0.15, 0.2) is 5.96 Å². The average Bonchev–Trinajstić information content (AvgIpc) is 3.39. The number of aryl methyl sites for hydroxylation is 4. The van der Waals surface area contributed by atoms with Crippen LogP contribution < -0.4 is 10.6 Å². The van der Waals surface area contributed by atoms with E-state index < -0.39 is 0 Å². The van der Waals surface area contributed by atoms with Crippen LogP contribution in [-0.2, 0) is 24.2 Å². The second-order valence-electron chi connectivity index (χ2n) is 8.19. The Labute approximate surface area is 214 Å². The van der Waals surface area contributed by atoms with Gasteiger partial charge >= 0.3 is 0 Å². The van der Waals surface area contributed by atoms with Crippen molar-refractivity contribution in [2.45, 2.75) is 53.1 Å². The summed E-state index contributed by atoms with van der Waals surface area (Å²) in [6, 6.07) is 2.11. The van der Waals surface area contributed by atoms with Crippen molar-refractivity contribution in [1.29, 1.82) is 0 Å². The predicted molar refractivity (Wildman–Crippen MR) is 141 cm³/mol. The van der Waals surface area contributed by atoms with Crippen LogP contribution >= 0.6 is 24.0 Å². The third-order valence-corrected chi connectivity index (χ3v) is 5.61. The van der Waals surface area contributed by atoms with Gasteiger partial charge < -0.3 is 19.9 Å². The minimum absolute atomic E-state index is 0. The van der Waals surface area contributed by atoms with E-state index in [0.29, 0.717) is 0 Å². The van der Waals surface area contributed by atoms with Crippen molar-refractivity contribution >= 4 is 29.9 Å². The van der Waals surface area contributed by atoms with Crippen molar-refractivity contribution in [1.82, 2.24) is 40.1 Å². The maximum Gasteiger partial charge on any atom is 0.191 e. The molecule has 2 aromatic heterocycles. The highest BCUT2D eigenvalue weighted by atomic mass is 127. The van der Waals surface area contributed by atoms with E-state index in [1.807, 2.05) is 6.92 Å². The van der Waals surface area contributed by atoms with Crippen LogP contribution in [0.3, 0.4) is 0 Å². The van der Waals surface area contributed by atoms with Crippen molar-refractivity contribution in [2.75, 3.05) is 52.5 Å². The van der Waals surface area contributed by atoms with Gasteiger partial charge in [-0.15, -0.1) is 34.2 Å². The summed E-state index contributed by atoms with van der Waals surface area (Å²) in [5, 5.41) is 19.7. The monoisotopic (exact) mass is 573 g/mol. The number of aliphatic imine (C=N–C) groups is 1. The molecular weight excluding hydrogens is 533 g/mol. The molecule has 0 aliphatic carbocycles. The van der Waals surface area contributed by atoms with Gasteiger partial charge in [0, 0.05) is 57.9 Å². The van der Waals surface area contributed by atoms with Gasteiger partial charge in [-0.25, -0.2) is 0 Å². The van der Waals surface area contributed by atoms with Crippen LogP contribution in [0.4, 0.5) is 0 Å². The van der Waals surface area contributed by atoms with Crippen LogP contribution in [0.25, 0.3) is 0 Å². The third-order valence-electron chi connectivity index (χ3n) is 5.61. The lowest BCUT2D eigenvalue weighted by Crippen LogP contribution is -2.41. The standard InChI is InChI=1S/C22H39N9O.HI/c1-4-21-27-26-18-30(21)12-9-25-22(23-7-5-10-29-13-15-32-16-14-29)24-8-6-11-31-20(3)17-19(2)28-31;/h17-18H,4-16H2,1-3H3,(H2,23,24,25);1H. The summed E-state index contributed by atoms with van der Waals surface area (Å²) in [4.78, 5) is 7.26. The molecule has 2 aromatic rings. The molecule has 0 unspecified atom stereocenters. The van der Waals surface area contributed by atoms with E-state index in [-0.39, 0.29) is 24.0 Å². The largest absolute Gasteiger partial charge is 0.379 e. The molecule has 1 aliphatic rings. The first kappa shape index (κ1) is 27.5. The van der Waals surface area contributed by atoms with Gasteiger partial charge in [0.25, 0.3) is 0 Å². The van der Waals surface area contributed by atoms with Gasteiger partial charge in [-0.3, -0.25) is 14.6 Å². The molecule has 33 heavy (non-hydrogen) atoms. The molecule has 0 aromatic carbocycles. The summed E-state index contributed by atoms with van der Waals surface area (Å²) < 4.78 is 9.58. The maximum atomic E-state index is 5.43.